The van der Waals surface area contributed by atoms with Gasteiger partial charge in [-0.25, -0.2) is 13.8 Å². The highest BCUT2D eigenvalue weighted by Crippen LogP contribution is 2.32. The number of alkyl halides is 1. The number of hydrogen-bond acceptors (Lipinski definition) is 2. The average Bonchev–Trinajstić information content (AvgIpc) is 2.75. The van der Waals surface area contributed by atoms with Crippen LogP contribution >= 0.6 is 11.6 Å². The van der Waals surface area contributed by atoms with Gasteiger partial charge in [0.2, 0.25) is 0 Å². The Labute approximate surface area is 127 Å². The molecule has 0 fully saturated rings. The van der Waals surface area contributed by atoms with E-state index < -0.39 is 17.0 Å². The predicted molar refractivity (Wildman–Crippen MR) is 79.7 cm³/mol. The minimum atomic E-state index is -0.678. The normalized spacial score (nSPS) is 14.9. The van der Waals surface area contributed by atoms with Crippen LogP contribution in [0, 0.1) is 17.6 Å². The molecule has 0 aliphatic heterocycles. The number of halogens is 3. The molecular formula is C15H19ClF2N2O. The number of fused-ring (bicyclic) bond motifs is 1. The SMILES string of the molecule is COCC(C(C)C)n1c(C(C)Cl)nc2c(F)cc(F)cc21. The second-order valence-electron chi connectivity index (χ2n) is 5.48. The Balaban J connectivity index is 2.76. The van der Waals surface area contributed by atoms with Crippen LogP contribution in [0.2, 0.25) is 0 Å². The van der Waals surface area contributed by atoms with Crippen LogP contribution in [0.25, 0.3) is 11.0 Å². The number of nitrogens with zero attached hydrogens (tertiary/aromatic N) is 2. The van der Waals surface area contributed by atoms with E-state index in [0.717, 1.165) is 6.07 Å². The van der Waals surface area contributed by atoms with Gasteiger partial charge in [0.1, 0.15) is 17.2 Å². The van der Waals surface area contributed by atoms with E-state index >= 15 is 0 Å². The van der Waals surface area contributed by atoms with Gasteiger partial charge in [0.15, 0.2) is 5.82 Å². The Morgan fingerprint density at radius 1 is 1.29 bits per heavy atom. The summed E-state index contributed by atoms with van der Waals surface area (Å²) in [5.41, 5.74) is 0.548. The van der Waals surface area contributed by atoms with Crippen LogP contribution in [-0.4, -0.2) is 23.3 Å². The number of aromatic nitrogens is 2. The van der Waals surface area contributed by atoms with Gasteiger partial charge < -0.3 is 9.30 Å². The molecule has 0 saturated carbocycles. The van der Waals surface area contributed by atoms with Crippen molar-refractivity contribution < 1.29 is 13.5 Å². The molecule has 0 N–H and O–H groups in total. The Morgan fingerprint density at radius 3 is 2.48 bits per heavy atom. The first-order valence-electron chi connectivity index (χ1n) is 6.86. The van der Waals surface area contributed by atoms with Crippen LogP contribution in [0.15, 0.2) is 12.1 Å². The summed E-state index contributed by atoms with van der Waals surface area (Å²) >= 11 is 6.18. The lowest BCUT2D eigenvalue weighted by molar-refractivity contribution is 0.133. The molecule has 0 radical (unpaired) electrons. The number of imidazole rings is 1. The summed E-state index contributed by atoms with van der Waals surface area (Å²) in [4.78, 5) is 4.27. The summed E-state index contributed by atoms with van der Waals surface area (Å²) in [5.74, 6) is -0.591. The molecule has 0 spiro atoms. The first-order chi connectivity index (χ1) is 9.86. The molecule has 2 aromatic rings. The van der Waals surface area contributed by atoms with Crippen molar-refractivity contribution in [2.75, 3.05) is 13.7 Å². The first-order valence-corrected chi connectivity index (χ1v) is 7.30. The van der Waals surface area contributed by atoms with Crippen LogP contribution in [0.4, 0.5) is 8.78 Å². The summed E-state index contributed by atoms with van der Waals surface area (Å²) in [6, 6.07) is 2.03. The standard InChI is InChI=1S/C15H19ClF2N2O/c1-8(2)13(7-21-4)20-12-6-10(17)5-11(18)14(12)19-15(20)9(3)16/h5-6,8-9,13H,7H2,1-4H3. The second-order valence-corrected chi connectivity index (χ2v) is 6.13. The zero-order valence-electron chi connectivity index (χ0n) is 12.5. The van der Waals surface area contributed by atoms with Gasteiger partial charge in [0.05, 0.1) is 23.5 Å². The summed E-state index contributed by atoms with van der Waals surface area (Å²) in [6.07, 6.45) is 0. The van der Waals surface area contributed by atoms with Crippen molar-refractivity contribution >= 4 is 22.6 Å². The van der Waals surface area contributed by atoms with E-state index in [1.54, 1.807) is 18.6 Å². The highest BCUT2D eigenvalue weighted by atomic mass is 35.5. The molecular weight excluding hydrogens is 298 g/mol. The van der Waals surface area contributed by atoms with Crippen molar-refractivity contribution in [1.29, 1.82) is 0 Å². The lowest BCUT2D eigenvalue weighted by atomic mass is 10.0. The van der Waals surface area contributed by atoms with Crippen LogP contribution in [0.1, 0.15) is 38.0 Å². The van der Waals surface area contributed by atoms with E-state index in [9.17, 15) is 8.78 Å². The molecule has 1 aromatic carbocycles. The molecule has 0 bridgehead atoms. The molecule has 1 aromatic heterocycles. The fourth-order valence-corrected chi connectivity index (χ4v) is 2.66. The molecule has 1 heterocycles. The Morgan fingerprint density at radius 2 is 1.95 bits per heavy atom. The monoisotopic (exact) mass is 316 g/mol. The predicted octanol–water partition coefficient (Wildman–Crippen LogP) is 4.46. The van der Waals surface area contributed by atoms with Gasteiger partial charge in [-0.1, -0.05) is 13.8 Å². The van der Waals surface area contributed by atoms with Crippen molar-refractivity contribution in [2.45, 2.75) is 32.2 Å². The lowest BCUT2D eigenvalue weighted by Crippen LogP contribution is -2.22. The molecule has 2 atom stereocenters. The van der Waals surface area contributed by atoms with Gasteiger partial charge in [-0.05, 0) is 18.9 Å². The number of methoxy groups -OCH3 is 1. The number of ether oxygens (including phenoxy) is 1. The van der Waals surface area contributed by atoms with Crippen molar-refractivity contribution in [3.05, 3.63) is 29.6 Å². The minimum Gasteiger partial charge on any atom is -0.383 e. The molecule has 0 aliphatic rings. The fraction of sp³-hybridized carbons (Fsp3) is 0.533. The smallest absolute Gasteiger partial charge is 0.153 e. The molecule has 21 heavy (non-hydrogen) atoms. The third-order valence-corrected chi connectivity index (χ3v) is 3.73. The van der Waals surface area contributed by atoms with Gasteiger partial charge in [0, 0.05) is 13.2 Å². The van der Waals surface area contributed by atoms with Crippen LogP contribution < -0.4 is 0 Å². The zero-order valence-corrected chi connectivity index (χ0v) is 13.3. The van der Waals surface area contributed by atoms with Gasteiger partial charge in [-0.15, -0.1) is 11.6 Å². The van der Waals surface area contributed by atoms with E-state index in [-0.39, 0.29) is 17.5 Å². The second kappa shape index (κ2) is 6.28. The van der Waals surface area contributed by atoms with Gasteiger partial charge in [-0.3, -0.25) is 0 Å². The molecule has 0 aliphatic carbocycles. The summed E-state index contributed by atoms with van der Waals surface area (Å²) in [6.45, 7) is 6.22. The van der Waals surface area contributed by atoms with E-state index in [1.807, 2.05) is 13.8 Å². The third-order valence-electron chi connectivity index (χ3n) is 3.54. The minimum absolute atomic E-state index is 0.0996. The quantitative estimate of drug-likeness (QED) is 0.762. The largest absolute Gasteiger partial charge is 0.383 e. The fourth-order valence-electron chi connectivity index (χ4n) is 2.50. The molecule has 6 heteroatoms. The first kappa shape index (κ1) is 16.2. The Kier molecular flexibility index (Phi) is 4.84. The van der Waals surface area contributed by atoms with Crippen LogP contribution in [-0.2, 0) is 4.74 Å². The molecule has 2 unspecified atom stereocenters. The molecule has 2 rings (SSSR count). The van der Waals surface area contributed by atoms with Crippen molar-refractivity contribution in [3.8, 4) is 0 Å². The summed E-state index contributed by atoms with van der Waals surface area (Å²) in [5, 5.41) is -0.419. The van der Waals surface area contributed by atoms with Crippen LogP contribution in [0.5, 0.6) is 0 Å². The molecule has 0 amide bonds. The van der Waals surface area contributed by atoms with E-state index in [1.165, 1.54) is 6.07 Å². The highest BCUT2D eigenvalue weighted by molar-refractivity contribution is 6.20. The third kappa shape index (κ3) is 3.04. The Hall–Kier alpha value is -1.20. The van der Waals surface area contributed by atoms with Crippen LogP contribution in [0.3, 0.4) is 0 Å². The summed E-state index contributed by atoms with van der Waals surface area (Å²) < 4.78 is 34.6. The highest BCUT2D eigenvalue weighted by Gasteiger charge is 2.25. The number of rotatable bonds is 5. The zero-order chi connectivity index (χ0) is 15.7. The summed E-state index contributed by atoms with van der Waals surface area (Å²) in [7, 11) is 1.60. The maximum atomic E-state index is 14.0. The lowest BCUT2D eigenvalue weighted by Gasteiger charge is -2.25. The molecule has 3 nitrogen and oxygen atoms in total. The number of benzene rings is 1. The van der Waals surface area contributed by atoms with Gasteiger partial charge in [0.25, 0.3) is 0 Å². The number of hydrogen-bond donors (Lipinski definition) is 0. The van der Waals surface area contributed by atoms with E-state index in [4.69, 9.17) is 16.3 Å². The van der Waals surface area contributed by atoms with E-state index in [2.05, 4.69) is 4.98 Å². The van der Waals surface area contributed by atoms with Gasteiger partial charge in [-0.2, -0.15) is 0 Å². The molecule has 0 saturated heterocycles. The Bertz CT molecular complexity index is 640. The van der Waals surface area contributed by atoms with Crippen molar-refractivity contribution in [1.82, 2.24) is 9.55 Å². The van der Waals surface area contributed by atoms with Crippen molar-refractivity contribution in [3.63, 3.8) is 0 Å². The van der Waals surface area contributed by atoms with E-state index in [0.29, 0.717) is 17.9 Å². The average molecular weight is 317 g/mol. The maximum Gasteiger partial charge on any atom is 0.153 e. The van der Waals surface area contributed by atoms with Crippen molar-refractivity contribution in [2.24, 2.45) is 5.92 Å². The topological polar surface area (TPSA) is 27.1 Å². The van der Waals surface area contributed by atoms with Gasteiger partial charge >= 0.3 is 0 Å². The molecule has 116 valence electrons. The maximum absolute atomic E-state index is 14.0.